The maximum Gasteiger partial charge on any atom is 0.184 e. The summed E-state index contributed by atoms with van der Waals surface area (Å²) in [6, 6.07) is 11.8. The molecule has 3 nitrogen and oxygen atoms in total. The van der Waals surface area contributed by atoms with Gasteiger partial charge >= 0.3 is 0 Å². The Bertz CT molecular complexity index is 699. The van der Waals surface area contributed by atoms with Gasteiger partial charge in [-0.25, -0.2) is 8.42 Å². The number of benzene rings is 2. The summed E-state index contributed by atoms with van der Waals surface area (Å²) in [5.74, 6) is -0.0737. The highest BCUT2D eigenvalue weighted by atomic mass is 127. The lowest BCUT2D eigenvalue weighted by atomic mass is 10.2. The zero-order valence-electron chi connectivity index (χ0n) is 9.81. The molecule has 0 fully saturated rings. The van der Waals surface area contributed by atoms with E-state index in [1.807, 2.05) is 12.1 Å². The Morgan fingerprint density at radius 3 is 2.32 bits per heavy atom. The molecule has 0 aliphatic heterocycles. The van der Waals surface area contributed by atoms with Gasteiger partial charge in [-0.3, -0.25) is 0 Å². The first-order valence-corrected chi connectivity index (χ1v) is 8.51. The Labute approximate surface area is 130 Å². The van der Waals surface area contributed by atoms with Crippen LogP contribution in [0.2, 0.25) is 5.02 Å². The van der Waals surface area contributed by atoms with Crippen molar-refractivity contribution in [2.75, 3.05) is 5.73 Å². The van der Waals surface area contributed by atoms with E-state index in [1.54, 1.807) is 12.1 Å². The standard InChI is InChI=1S/C13H11ClINO2S/c14-10-3-6-13(12(16)7-10)19(17,18)8-9-1-4-11(15)5-2-9/h1-7H,8,16H2. The Morgan fingerprint density at radius 2 is 1.74 bits per heavy atom. The lowest BCUT2D eigenvalue weighted by molar-refractivity contribution is 0.595. The van der Waals surface area contributed by atoms with Crippen LogP contribution >= 0.6 is 34.2 Å². The maximum absolute atomic E-state index is 12.3. The smallest absolute Gasteiger partial charge is 0.184 e. The monoisotopic (exact) mass is 407 g/mol. The minimum Gasteiger partial charge on any atom is -0.398 e. The number of anilines is 1. The van der Waals surface area contributed by atoms with E-state index in [4.69, 9.17) is 17.3 Å². The molecular formula is C13H11ClINO2S. The van der Waals surface area contributed by atoms with Crippen molar-refractivity contribution in [3.8, 4) is 0 Å². The molecule has 0 heterocycles. The van der Waals surface area contributed by atoms with E-state index >= 15 is 0 Å². The van der Waals surface area contributed by atoms with Gasteiger partial charge in [0.1, 0.15) is 0 Å². The summed E-state index contributed by atoms with van der Waals surface area (Å²) < 4.78 is 25.6. The fraction of sp³-hybridized carbons (Fsp3) is 0.0769. The fourth-order valence-electron chi connectivity index (χ4n) is 1.68. The average Bonchev–Trinajstić information content (AvgIpc) is 2.31. The Kier molecular flexibility index (Phi) is 4.37. The van der Waals surface area contributed by atoms with Gasteiger partial charge in [-0.1, -0.05) is 23.7 Å². The number of hydrogen-bond donors (Lipinski definition) is 1. The van der Waals surface area contributed by atoms with Gasteiger partial charge in [0.15, 0.2) is 9.84 Å². The van der Waals surface area contributed by atoms with E-state index in [1.165, 1.54) is 18.2 Å². The Hall–Kier alpha value is -0.790. The van der Waals surface area contributed by atoms with Crippen LogP contribution in [0.5, 0.6) is 0 Å². The summed E-state index contributed by atoms with van der Waals surface area (Å²) in [7, 11) is -3.46. The number of nitrogen functional groups attached to an aromatic ring is 1. The van der Waals surface area contributed by atoms with Crippen molar-refractivity contribution in [2.45, 2.75) is 10.6 Å². The highest BCUT2D eigenvalue weighted by Gasteiger charge is 2.18. The van der Waals surface area contributed by atoms with Crippen molar-refractivity contribution in [1.29, 1.82) is 0 Å². The lowest BCUT2D eigenvalue weighted by Crippen LogP contribution is -2.07. The summed E-state index contributed by atoms with van der Waals surface area (Å²) in [4.78, 5) is 0.121. The van der Waals surface area contributed by atoms with Crippen LogP contribution in [0, 0.1) is 3.57 Å². The minimum absolute atomic E-state index is 0.0737. The summed E-state index contributed by atoms with van der Waals surface area (Å²) >= 11 is 7.94. The first-order valence-electron chi connectivity index (χ1n) is 5.41. The van der Waals surface area contributed by atoms with E-state index < -0.39 is 9.84 Å². The van der Waals surface area contributed by atoms with E-state index in [-0.39, 0.29) is 16.3 Å². The van der Waals surface area contributed by atoms with E-state index in [2.05, 4.69) is 22.6 Å². The molecule has 0 bridgehead atoms. The third kappa shape index (κ3) is 3.61. The van der Waals surface area contributed by atoms with Gasteiger partial charge in [-0.05, 0) is 58.5 Å². The van der Waals surface area contributed by atoms with Crippen LogP contribution < -0.4 is 5.73 Å². The van der Waals surface area contributed by atoms with Crippen LogP contribution in [-0.2, 0) is 15.6 Å². The number of sulfone groups is 1. The average molecular weight is 408 g/mol. The van der Waals surface area contributed by atoms with Gasteiger partial charge in [-0.15, -0.1) is 0 Å². The number of hydrogen-bond acceptors (Lipinski definition) is 3. The zero-order valence-corrected chi connectivity index (χ0v) is 13.5. The molecule has 2 aromatic carbocycles. The first-order chi connectivity index (χ1) is 8.88. The van der Waals surface area contributed by atoms with Crippen molar-refractivity contribution < 1.29 is 8.42 Å². The van der Waals surface area contributed by atoms with Crippen molar-refractivity contribution in [3.05, 3.63) is 56.6 Å². The van der Waals surface area contributed by atoms with Crippen LogP contribution in [0.1, 0.15) is 5.56 Å². The molecule has 0 unspecified atom stereocenters. The second kappa shape index (κ2) is 5.68. The third-order valence-corrected chi connectivity index (χ3v) is 5.29. The highest BCUT2D eigenvalue weighted by Crippen LogP contribution is 2.25. The van der Waals surface area contributed by atoms with E-state index in [0.29, 0.717) is 5.02 Å². The predicted octanol–water partition coefficient (Wildman–Crippen LogP) is 3.50. The van der Waals surface area contributed by atoms with Gasteiger partial charge in [0, 0.05) is 8.59 Å². The van der Waals surface area contributed by atoms with Crippen molar-refractivity contribution in [2.24, 2.45) is 0 Å². The fourth-order valence-corrected chi connectivity index (χ4v) is 3.70. The highest BCUT2D eigenvalue weighted by molar-refractivity contribution is 14.1. The second-order valence-corrected chi connectivity index (χ2v) is 7.71. The van der Waals surface area contributed by atoms with Crippen molar-refractivity contribution in [1.82, 2.24) is 0 Å². The van der Waals surface area contributed by atoms with Gasteiger partial charge < -0.3 is 5.73 Å². The second-order valence-electron chi connectivity index (χ2n) is 4.07. The number of nitrogens with two attached hydrogens (primary N) is 1. The topological polar surface area (TPSA) is 60.2 Å². The lowest BCUT2D eigenvalue weighted by Gasteiger charge is -2.08. The van der Waals surface area contributed by atoms with Crippen LogP contribution in [0.4, 0.5) is 5.69 Å². The Balaban J connectivity index is 2.35. The van der Waals surface area contributed by atoms with E-state index in [9.17, 15) is 8.42 Å². The molecule has 2 N–H and O–H groups in total. The summed E-state index contributed by atoms with van der Waals surface area (Å²) in [6.45, 7) is 0. The molecule has 0 saturated heterocycles. The third-order valence-electron chi connectivity index (χ3n) is 2.58. The normalized spacial score (nSPS) is 11.5. The molecule has 2 rings (SSSR count). The summed E-state index contributed by atoms with van der Waals surface area (Å²) in [5.41, 5.74) is 6.63. The quantitative estimate of drug-likeness (QED) is 0.626. The molecule has 19 heavy (non-hydrogen) atoms. The molecule has 0 amide bonds. The maximum atomic E-state index is 12.3. The van der Waals surface area contributed by atoms with Crippen LogP contribution in [0.15, 0.2) is 47.4 Å². The van der Waals surface area contributed by atoms with Crippen LogP contribution in [0.3, 0.4) is 0 Å². The molecule has 0 aliphatic rings. The number of halogens is 2. The Morgan fingerprint density at radius 1 is 1.11 bits per heavy atom. The van der Waals surface area contributed by atoms with Gasteiger partial charge in [0.25, 0.3) is 0 Å². The summed E-state index contributed by atoms with van der Waals surface area (Å²) in [5, 5.41) is 0.422. The first kappa shape index (κ1) is 14.6. The zero-order chi connectivity index (χ0) is 14.0. The molecule has 0 saturated carbocycles. The molecule has 0 aromatic heterocycles. The molecule has 100 valence electrons. The molecule has 6 heteroatoms. The molecule has 2 aromatic rings. The molecular weight excluding hydrogens is 397 g/mol. The molecule has 0 radical (unpaired) electrons. The minimum atomic E-state index is -3.46. The molecule has 0 aliphatic carbocycles. The summed E-state index contributed by atoms with van der Waals surface area (Å²) in [6.07, 6.45) is 0. The van der Waals surface area contributed by atoms with Crippen molar-refractivity contribution >= 4 is 49.7 Å². The predicted molar refractivity (Wildman–Crippen MR) is 85.9 cm³/mol. The van der Waals surface area contributed by atoms with Crippen molar-refractivity contribution in [3.63, 3.8) is 0 Å². The van der Waals surface area contributed by atoms with Gasteiger partial charge in [0.05, 0.1) is 16.3 Å². The van der Waals surface area contributed by atoms with E-state index in [0.717, 1.165) is 9.13 Å². The SMILES string of the molecule is Nc1cc(Cl)ccc1S(=O)(=O)Cc1ccc(I)cc1. The van der Waals surface area contributed by atoms with Crippen LogP contribution in [-0.4, -0.2) is 8.42 Å². The molecule has 0 spiro atoms. The van der Waals surface area contributed by atoms with Gasteiger partial charge in [-0.2, -0.15) is 0 Å². The number of rotatable bonds is 3. The molecule has 0 atom stereocenters. The van der Waals surface area contributed by atoms with Gasteiger partial charge in [0.2, 0.25) is 0 Å². The van der Waals surface area contributed by atoms with Crippen LogP contribution in [0.25, 0.3) is 0 Å². The largest absolute Gasteiger partial charge is 0.398 e.